The molecule has 2 heterocycles. The Morgan fingerprint density at radius 1 is 1.14 bits per heavy atom. The number of aromatic nitrogens is 2. The van der Waals surface area contributed by atoms with E-state index in [9.17, 15) is 4.79 Å². The van der Waals surface area contributed by atoms with Crippen LogP contribution in [-0.2, 0) is 22.7 Å². The van der Waals surface area contributed by atoms with Gasteiger partial charge in [-0.25, -0.2) is 0 Å². The average Bonchev–Trinajstić information content (AvgIpc) is 3.43. The van der Waals surface area contributed by atoms with E-state index in [1.54, 1.807) is 7.11 Å². The quantitative estimate of drug-likeness (QED) is 0.569. The molecule has 0 spiro atoms. The van der Waals surface area contributed by atoms with E-state index >= 15 is 0 Å². The first kappa shape index (κ1) is 19.1. The summed E-state index contributed by atoms with van der Waals surface area (Å²) in [6, 6.07) is 16.8. The molecule has 0 aliphatic carbocycles. The number of carbonyl (C=O) groups is 1. The molecule has 0 radical (unpaired) electrons. The van der Waals surface area contributed by atoms with E-state index < -0.39 is 0 Å². The zero-order chi connectivity index (χ0) is 20.1. The number of hydrogen-bond donors (Lipinski definition) is 0. The maximum Gasteiger partial charge on any atom is 0.323 e. The molecule has 4 rings (SSSR count). The molecule has 1 aliphatic rings. The SMILES string of the molecule is COc1ccc(-c2nnc(CN3CCCC3C(=O)OCc3ccccc3)o2)cc1. The molecule has 1 unspecified atom stereocenters. The molecule has 1 atom stereocenters. The van der Waals surface area contributed by atoms with Crippen LogP contribution in [0.3, 0.4) is 0 Å². The lowest BCUT2D eigenvalue weighted by Gasteiger charge is -2.21. The predicted octanol–water partition coefficient (Wildman–Crippen LogP) is 3.45. The van der Waals surface area contributed by atoms with E-state index in [0.29, 0.717) is 18.3 Å². The van der Waals surface area contributed by atoms with Gasteiger partial charge in [0.15, 0.2) is 0 Å². The fourth-order valence-electron chi connectivity index (χ4n) is 3.45. The van der Waals surface area contributed by atoms with Crippen LogP contribution >= 0.6 is 0 Å². The Morgan fingerprint density at radius 3 is 2.69 bits per heavy atom. The summed E-state index contributed by atoms with van der Waals surface area (Å²) in [6.45, 7) is 1.51. The van der Waals surface area contributed by atoms with Gasteiger partial charge in [0.25, 0.3) is 0 Å². The van der Waals surface area contributed by atoms with Crippen LogP contribution in [-0.4, -0.2) is 40.8 Å². The first-order valence-corrected chi connectivity index (χ1v) is 9.64. The van der Waals surface area contributed by atoms with E-state index in [2.05, 4.69) is 10.2 Å². The van der Waals surface area contributed by atoms with Gasteiger partial charge in [-0.3, -0.25) is 9.69 Å². The molecule has 3 aromatic rings. The van der Waals surface area contributed by atoms with Gasteiger partial charge < -0.3 is 13.9 Å². The van der Waals surface area contributed by atoms with Crippen molar-refractivity contribution in [2.45, 2.75) is 32.0 Å². The van der Waals surface area contributed by atoms with Crippen molar-refractivity contribution in [3.05, 3.63) is 66.1 Å². The van der Waals surface area contributed by atoms with Gasteiger partial charge in [0.1, 0.15) is 18.4 Å². The summed E-state index contributed by atoms with van der Waals surface area (Å²) >= 11 is 0. The van der Waals surface area contributed by atoms with E-state index in [-0.39, 0.29) is 18.6 Å². The van der Waals surface area contributed by atoms with Crippen LogP contribution in [0, 0.1) is 0 Å². The molecule has 1 saturated heterocycles. The average molecular weight is 393 g/mol. The highest BCUT2D eigenvalue weighted by atomic mass is 16.5. The highest BCUT2D eigenvalue weighted by molar-refractivity contribution is 5.76. The topological polar surface area (TPSA) is 77.7 Å². The molecule has 1 fully saturated rings. The van der Waals surface area contributed by atoms with Gasteiger partial charge in [-0.15, -0.1) is 10.2 Å². The molecule has 150 valence electrons. The van der Waals surface area contributed by atoms with Crippen LogP contribution in [0.15, 0.2) is 59.0 Å². The zero-order valence-corrected chi connectivity index (χ0v) is 16.3. The molecule has 1 aromatic heterocycles. The monoisotopic (exact) mass is 393 g/mol. The Balaban J connectivity index is 1.37. The summed E-state index contributed by atoms with van der Waals surface area (Å²) < 4.78 is 16.5. The minimum Gasteiger partial charge on any atom is -0.497 e. The largest absolute Gasteiger partial charge is 0.497 e. The number of esters is 1. The minimum absolute atomic E-state index is 0.207. The van der Waals surface area contributed by atoms with Crippen LogP contribution in [0.4, 0.5) is 0 Å². The molecular weight excluding hydrogens is 370 g/mol. The number of ether oxygens (including phenoxy) is 2. The van der Waals surface area contributed by atoms with Crippen LogP contribution in [0.1, 0.15) is 24.3 Å². The molecular formula is C22H23N3O4. The summed E-state index contributed by atoms with van der Waals surface area (Å²) in [4.78, 5) is 14.6. The summed E-state index contributed by atoms with van der Waals surface area (Å²) in [5.41, 5.74) is 1.80. The second-order valence-electron chi connectivity index (χ2n) is 6.95. The Bertz CT molecular complexity index is 940. The van der Waals surface area contributed by atoms with Crippen LogP contribution in [0.5, 0.6) is 5.75 Å². The normalized spacial score (nSPS) is 16.7. The van der Waals surface area contributed by atoms with Gasteiger partial charge in [-0.05, 0) is 49.2 Å². The Kier molecular flexibility index (Phi) is 5.86. The molecule has 1 aliphatic heterocycles. The number of hydrogen-bond acceptors (Lipinski definition) is 7. The van der Waals surface area contributed by atoms with Crippen molar-refractivity contribution in [1.29, 1.82) is 0 Å². The fraction of sp³-hybridized carbons (Fsp3) is 0.318. The summed E-state index contributed by atoms with van der Waals surface area (Å²) in [7, 11) is 1.62. The highest BCUT2D eigenvalue weighted by Crippen LogP contribution is 2.24. The smallest absolute Gasteiger partial charge is 0.323 e. The second kappa shape index (κ2) is 8.87. The number of benzene rings is 2. The van der Waals surface area contributed by atoms with Gasteiger partial charge in [-0.2, -0.15) is 0 Å². The number of likely N-dealkylation sites (tertiary alicyclic amines) is 1. The van der Waals surface area contributed by atoms with E-state index in [4.69, 9.17) is 13.9 Å². The second-order valence-corrected chi connectivity index (χ2v) is 6.95. The third-order valence-electron chi connectivity index (χ3n) is 5.00. The first-order chi connectivity index (χ1) is 14.2. The van der Waals surface area contributed by atoms with Gasteiger partial charge in [0.05, 0.1) is 13.7 Å². The van der Waals surface area contributed by atoms with Gasteiger partial charge in [-0.1, -0.05) is 30.3 Å². The number of carbonyl (C=O) groups excluding carboxylic acids is 1. The van der Waals surface area contributed by atoms with Crippen molar-refractivity contribution in [3.8, 4) is 17.2 Å². The first-order valence-electron chi connectivity index (χ1n) is 9.64. The number of methoxy groups -OCH3 is 1. The Morgan fingerprint density at radius 2 is 1.93 bits per heavy atom. The van der Waals surface area contributed by atoms with Gasteiger partial charge in [0, 0.05) is 5.56 Å². The molecule has 0 N–H and O–H groups in total. The highest BCUT2D eigenvalue weighted by Gasteiger charge is 2.33. The predicted molar refractivity (Wildman–Crippen MR) is 106 cm³/mol. The maximum absolute atomic E-state index is 12.6. The maximum atomic E-state index is 12.6. The third kappa shape index (κ3) is 4.63. The molecule has 7 nitrogen and oxygen atoms in total. The molecule has 0 amide bonds. The standard InChI is InChI=1S/C22H23N3O4/c1-27-18-11-9-17(10-12-18)21-24-23-20(29-21)14-25-13-5-8-19(25)22(26)28-15-16-6-3-2-4-7-16/h2-4,6-7,9-12,19H,5,8,13-15H2,1H3. The van der Waals surface area contributed by atoms with Crippen molar-refractivity contribution in [2.24, 2.45) is 0 Å². The van der Waals surface area contributed by atoms with Gasteiger partial charge >= 0.3 is 5.97 Å². The number of rotatable bonds is 7. The van der Waals surface area contributed by atoms with Crippen LogP contribution in [0.2, 0.25) is 0 Å². The number of nitrogens with zero attached hydrogens (tertiary/aromatic N) is 3. The lowest BCUT2D eigenvalue weighted by atomic mass is 10.2. The molecule has 2 aromatic carbocycles. The third-order valence-corrected chi connectivity index (χ3v) is 5.00. The lowest BCUT2D eigenvalue weighted by Crippen LogP contribution is -2.36. The van der Waals surface area contributed by atoms with Crippen LogP contribution in [0.25, 0.3) is 11.5 Å². The van der Waals surface area contributed by atoms with Crippen LogP contribution < -0.4 is 4.74 Å². The van der Waals surface area contributed by atoms with Gasteiger partial charge in [0.2, 0.25) is 11.8 Å². The van der Waals surface area contributed by atoms with E-state index in [1.807, 2.05) is 59.5 Å². The van der Waals surface area contributed by atoms with Crippen molar-refractivity contribution >= 4 is 5.97 Å². The Labute approximate surface area is 169 Å². The van der Waals surface area contributed by atoms with Crippen molar-refractivity contribution in [3.63, 3.8) is 0 Å². The molecule has 0 bridgehead atoms. The van der Waals surface area contributed by atoms with E-state index in [1.165, 1.54) is 0 Å². The van der Waals surface area contributed by atoms with Crippen molar-refractivity contribution < 1.29 is 18.7 Å². The fourth-order valence-corrected chi connectivity index (χ4v) is 3.45. The van der Waals surface area contributed by atoms with E-state index in [0.717, 1.165) is 36.3 Å². The molecule has 7 heteroatoms. The Hall–Kier alpha value is -3.19. The lowest BCUT2D eigenvalue weighted by molar-refractivity contribution is -0.150. The summed E-state index contributed by atoms with van der Waals surface area (Å²) in [6.07, 6.45) is 1.71. The molecule has 29 heavy (non-hydrogen) atoms. The summed E-state index contributed by atoms with van der Waals surface area (Å²) in [5, 5.41) is 8.27. The zero-order valence-electron chi connectivity index (χ0n) is 16.3. The molecule has 0 saturated carbocycles. The van der Waals surface area contributed by atoms with Crippen molar-refractivity contribution in [1.82, 2.24) is 15.1 Å². The summed E-state index contributed by atoms with van der Waals surface area (Å²) in [5.74, 6) is 1.49. The minimum atomic E-state index is -0.282. The van der Waals surface area contributed by atoms with Crippen molar-refractivity contribution in [2.75, 3.05) is 13.7 Å².